The lowest BCUT2D eigenvalue weighted by atomic mass is 9.84. The van der Waals surface area contributed by atoms with E-state index in [4.69, 9.17) is 11.1 Å². The quantitative estimate of drug-likeness (QED) is 0.452. The van der Waals surface area contributed by atoms with Crippen molar-refractivity contribution in [3.8, 4) is 0 Å². The molecule has 10 heteroatoms. The summed E-state index contributed by atoms with van der Waals surface area (Å²) in [6.45, 7) is -1.66. The lowest BCUT2D eigenvalue weighted by molar-refractivity contribution is -0.121. The molecule has 0 aliphatic heterocycles. The zero-order valence-corrected chi connectivity index (χ0v) is 12.4. The van der Waals surface area contributed by atoms with Crippen LogP contribution in [0.3, 0.4) is 0 Å². The number of rotatable bonds is 5. The summed E-state index contributed by atoms with van der Waals surface area (Å²) in [5.74, 6) is -0.359. The first kappa shape index (κ1) is 18.2. The molecule has 124 valence electrons. The molecule has 1 aliphatic rings. The summed E-state index contributed by atoms with van der Waals surface area (Å²) in [6, 6.07) is 0. The molecule has 5 N–H and O–H groups in total. The van der Waals surface area contributed by atoms with Crippen LogP contribution >= 0.6 is 0 Å². The Labute approximate surface area is 122 Å². The molecule has 0 radical (unpaired) electrons. The third-order valence-corrected chi connectivity index (χ3v) is 4.70. The molecule has 1 aliphatic carbocycles. The molecule has 0 aromatic heterocycles. The third kappa shape index (κ3) is 6.18. The van der Waals surface area contributed by atoms with Crippen molar-refractivity contribution < 1.29 is 21.6 Å². The number of nitrogens with two attached hydrogens (primary N) is 1. The summed E-state index contributed by atoms with van der Waals surface area (Å²) in [5.41, 5.74) is 4.22. The van der Waals surface area contributed by atoms with E-state index in [1.165, 1.54) is 4.72 Å². The van der Waals surface area contributed by atoms with E-state index in [1.54, 1.807) is 0 Å². The maximum Gasteiger partial charge on any atom is 0.402 e. The molecule has 21 heavy (non-hydrogen) atoms. The minimum absolute atomic E-state index is 0.315. The standard InChI is InChI=1S/C11H21F3N4O2S/c12-11(13,14)8-17-21(19,20)18-10(9(15)16)6-4-2-1-3-5-7-10/h17-18H,1-8H2,(H3,15,16). The molecular weight excluding hydrogens is 309 g/mol. The minimum atomic E-state index is -4.64. The van der Waals surface area contributed by atoms with E-state index in [0.717, 1.165) is 19.3 Å². The molecule has 0 amide bonds. The molecule has 0 heterocycles. The lowest BCUT2D eigenvalue weighted by Crippen LogP contribution is -2.60. The summed E-state index contributed by atoms with van der Waals surface area (Å²) >= 11 is 0. The van der Waals surface area contributed by atoms with Crippen molar-refractivity contribution in [3.63, 3.8) is 0 Å². The minimum Gasteiger partial charge on any atom is -0.386 e. The highest BCUT2D eigenvalue weighted by Gasteiger charge is 2.39. The zero-order valence-electron chi connectivity index (χ0n) is 11.6. The highest BCUT2D eigenvalue weighted by molar-refractivity contribution is 7.87. The number of hydrogen-bond acceptors (Lipinski definition) is 3. The molecule has 6 nitrogen and oxygen atoms in total. The Bertz CT molecular complexity index is 457. The summed E-state index contributed by atoms with van der Waals surface area (Å²) in [6.07, 6.45) is 0.110. The molecule has 0 bridgehead atoms. The topological polar surface area (TPSA) is 108 Å². The molecule has 0 unspecified atom stereocenters. The van der Waals surface area contributed by atoms with Gasteiger partial charge in [0.15, 0.2) is 0 Å². The fraction of sp³-hybridized carbons (Fsp3) is 0.909. The number of nitrogens with one attached hydrogen (secondary N) is 3. The first-order valence-corrected chi connectivity index (χ1v) is 8.24. The molecule has 0 spiro atoms. The van der Waals surface area contributed by atoms with Gasteiger partial charge < -0.3 is 5.73 Å². The van der Waals surface area contributed by atoms with Crippen molar-refractivity contribution in [2.45, 2.75) is 56.7 Å². The highest BCUT2D eigenvalue weighted by atomic mass is 32.2. The number of hydrogen-bond donors (Lipinski definition) is 4. The SMILES string of the molecule is N=C(N)C1(NS(=O)(=O)NCC(F)(F)F)CCCCCCC1. The van der Waals surface area contributed by atoms with Gasteiger partial charge in [0.05, 0.1) is 5.54 Å². The first-order chi connectivity index (χ1) is 9.56. The van der Waals surface area contributed by atoms with Crippen LogP contribution in [0.25, 0.3) is 0 Å². The molecule has 0 aromatic carbocycles. The Morgan fingerprint density at radius 1 is 1.14 bits per heavy atom. The Morgan fingerprint density at radius 3 is 2.05 bits per heavy atom. The van der Waals surface area contributed by atoms with E-state index in [-0.39, 0.29) is 5.84 Å². The van der Waals surface area contributed by atoms with Gasteiger partial charge in [-0.2, -0.15) is 31.0 Å². The summed E-state index contributed by atoms with van der Waals surface area (Å²) in [7, 11) is -4.39. The van der Waals surface area contributed by atoms with Gasteiger partial charge in [0, 0.05) is 0 Å². The maximum absolute atomic E-state index is 12.1. The van der Waals surface area contributed by atoms with Crippen molar-refractivity contribution in [1.82, 2.24) is 9.44 Å². The molecule has 0 aromatic rings. The van der Waals surface area contributed by atoms with E-state index in [2.05, 4.69) is 4.72 Å². The largest absolute Gasteiger partial charge is 0.402 e. The van der Waals surface area contributed by atoms with Crippen LogP contribution in [0.2, 0.25) is 0 Å². The lowest BCUT2D eigenvalue weighted by Gasteiger charge is -2.34. The fourth-order valence-corrected chi connectivity index (χ4v) is 3.66. The molecule has 1 fully saturated rings. The van der Waals surface area contributed by atoms with Crippen molar-refractivity contribution in [2.75, 3.05) is 6.54 Å². The van der Waals surface area contributed by atoms with Crippen LogP contribution in [0, 0.1) is 5.41 Å². The van der Waals surface area contributed by atoms with Crippen molar-refractivity contribution in [3.05, 3.63) is 0 Å². The second-order valence-electron chi connectivity index (χ2n) is 5.31. The van der Waals surface area contributed by atoms with Crippen molar-refractivity contribution >= 4 is 16.0 Å². The second kappa shape index (κ2) is 6.93. The van der Waals surface area contributed by atoms with Crippen LogP contribution in [0.5, 0.6) is 0 Å². The van der Waals surface area contributed by atoms with Gasteiger partial charge in [-0.1, -0.05) is 32.1 Å². The Morgan fingerprint density at radius 2 is 1.62 bits per heavy atom. The van der Waals surface area contributed by atoms with Gasteiger partial charge in [-0.05, 0) is 12.8 Å². The predicted molar refractivity (Wildman–Crippen MR) is 73.1 cm³/mol. The zero-order chi connectivity index (χ0) is 16.1. The van der Waals surface area contributed by atoms with E-state index >= 15 is 0 Å². The molecule has 1 rings (SSSR count). The summed E-state index contributed by atoms with van der Waals surface area (Å²) < 4.78 is 63.5. The van der Waals surface area contributed by atoms with Gasteiger partial charge in [0.25, 0.3) is 10.2 Å². The monoisotopic (exact) mass is 330 g/mol. The Kier molecular flexibility index (Phi) is 6.00. The van der Waals surface area contributed by atoms with Crippen molar-refractivity contribution in [2.24, 2.45) is 5.73 Å². The normalized spacial score (nSPS) is 20.5. The third-order valence-electron chi connectivity index (χ3n) is 3.52. The average Bonchev–Trinajstić information content (AvgIpc) is 2.29. The number of halogens is 3. The summed E-state index contributed by atoms with van der Waals surface area (Å²) in [5, 5.41) is 7.64. The van der Waals surface area contributed by atoms with Crippen molar-refractivity contribution in [1.29, 1.82) is 5.41 Å². The Hall–Kier alpha value is -0.870. The first-order valence-electron chi connectivity index (χ1n) is 6.76. The van der Waals surface area contributed by atoms with Gasteiger partial charge in [0.1, 0.15) is 12.4 Å². The molecule has 1 saturated carbocycles. The fourth-order valence-electron chi connectivity index (χ4n) is 2.41. The van der Waals surface area contributed by atoms with Crippen LogP contribution < -0.4 is 15.2 Å². The van der Waals surface area contributed by atoms with E-state index in [1.807, 2.05) is 0 Å². The highest BCUT2D eigenvalue weighted by Crippen LogP contribution is 2.27. The molecular formula is C11H21F3N4O2S. The van der Waals surface area contributed by atoms with Crippen LogP contribution in [-0.2, 0) is 10.2 Å². The molecule has 0 atom stereocenters. The van der Waals surface area contributed by atoms with Crippen LogP contribution in [-0.4, -0.2) is 32.5 Å². The van der Waals surface area contributed by atoms with E-state index in [0.29, 0.717) is 25.7 Å². The second-order valence-corrected chi connectivity index (χ2v) is 6.81. The van der Waals surface area contributed by atoms with Gasteiger partial charge in [-0.15, -0.1) is 0 Å². The van der Waals surface area contributed by atoms with Crippen LogP contribution in [0.15, 0.2) is 0 Å². The maximum atomic E-state index is 12.1. The predicted octanol–water partition coefficient (Wildman–Crippen LogP) is 1.39. The van der Waals surface area contributed by atoms with Gasteiger partial charge in [-0.3, -0.25) is 5.41 Å². The smallest absolute Gasteiger partial charge is 0.386 e. The van der Waals surface area contributed by atoms with E-state index < -0.39 is 28.5 Å². The van der Waals surface area contributed by atoms with E-state index in [9.17, 15) is 21.6 Å². The van der Waals surface area contributed by atoms with Crippen LogP contribution in [0.4, 0.5) is 13.2 Å². The van der Waals surface area contributed by atoms with Gasteiger partial charge in [0.2, 0.25) is 0 Å². The number of alkyl halides is 3. The van der Waals surface area contributed by atoms with Gasteiger partial charge >= 0.3 is 6.18 Å². The summed E-state index contributed by atoms with van der Waals surface area (Å²) in [4.78, 5) is 0. The van der Waals surface area contributed by atoms with Gasteiger partial charge in [-0.25, -0.2) is 0 Å². The Balaban J connectivity index is 2.83. The van der Waals surface area contributed by atoms with Crippen LogP contribution in [0.1, 0.15) is 44.9 Å². The average molecular weight is 330 g/mol. The molecule has 0 saturated heterocycles. The number of amidine groups is 1.